The smallest absolute Gasteiger partial charge is 0.306 e. The Morgan fingerprint density at radius 2 is 0.534 bits per heavy atom. The minimum Gasteiger partial charge on any atom is -0.462 e. The topological polar surface area (TPSA) is 78.9 Å². The maximum atomic E-state index is 12.9. The Balaban J connectivity index is 4.43. The molecule has 0 amide bonds. The number of hydrogen-bond acceptors (Lipinski definition) is 6. The van der Waals surface area contributed by atoms with E-state index in [9.17, 15) is 14.4 Å². The fourth-order valence-electron chi connectivity index (χ4n) is 8.69. The molecule has 0 aliphatic carbocycles. The Hall–Kier alpha value is -3.41. The molecule has 0 radical (unpaired) electrons. The van der Waals surface area contributed by atoms with Crippen molar-refractivity contribution in [2.75, 3.05) is 13.2 Å². The van der Waals surface area contributed by atoms with E-state index in [1.807, 2.05) is 0 Å². The van der Waals surface area contributed by atoms with Gasteiger partial charge in [0, 0.05) is 19.3 Å². The first-order valence-electron chi connectivity index (χ1n) is 31.1. The third kappa shape index (κ3) is 59.3. The quantitative estimate of drug-likeness (QED) is 0.0261. The lowest BCUT2D eigenvalue weighted by Gasteiger charge is -2.18. The van der Waals surface area contributed by atoms with Gasteiger partial charge in [-0.2, -0.15) is 0 Å². The first-order chi connectivity index (χ1) is 36.0. The molecule has 6 heteroatoms. The maximum absolute atomic E-state index is 12.9. The molecule has 0 saturated carbocycles. The Kier molecular flexibility index (Phi) is 58.3. The van der Waals surface area contributed by atoms with E-state index in [0.29, 0.717) is 19.3 Å². The van der Waals surface area contributed by atoms with Crippen LogP contribution in [-0.2, 0) is 28.6 Å². The highest BCUT2D eigenvalue weighted by Crippen LogP contribution is 2.15. The molecule has 0 saturated heterocycles. The highest BCUT2D eigenvalue weighted by atomic mass is 16.6. The molecule has 0 aliphatic rings. The van der Waals surface area contributed by atoms with Crippen LogP contribution in [0.3, 0.4) is 0 Å². The van der Waals surface area contributed by atoms with Gasteiger partial charge >= 0.3 is 17.9 Å². The molecule has 0 aromatic rings. The van der Waals surface area contributed by atoms with Crippen LogP contribution in [0.25, 0.3) is 0 Å². The summed E-state index contributed by atoms with van der Waals surface area (Å²) in [4.78, 5) is 38.3. The average Bonchev–Trinajstić information content (AvgIpc) is 3.39. The van der Waals surface area contributed by atoms with Crippen molar-refractivity contribution in [2.24, 2.45) is 0 Å². The van der Waals surface area contributed by atoms with Crippen LogP contribution in [0.5, 0.6) is 0 Å². The average molecular weight is 1020 g/mol. The van der Waals surface area contributed by atoms with Gasteiger partial charge in [0.1, 0.15) is 13.2 Å². The number of ether oxygens (including phenoxy) is 3. The molecule has 0 heterocycles. The predicted octanol–water partition coefficient (Wildman–Crippen LogP) is 21.1. The normalized spacial score (nSPS) is 12.6. The Bertz CT molecular complexity index is 1400. The van der Waals surface area contributed by atoms with E-state index < -0.39 is 6.10 Å². The summed E-state index contributed by atoms with van der Waals surface area (Å²) in [6, 6.07) is 0. The summed E-state index contributed by atoms with van der Waals surface area (Å²) < 4.78 is 16.9. The summed E-state index contributed by atoms with van der Waals surface area (Å²) in [5.74, 6) is -0.909. The predicted molar refractivity (Wildman–Crippen MR) is 316 cm³/mol. The van der Waals surface area contributed by atoms with Gasteiger partial charge in [0.25, 0.3) is 0 Å². The van der Waals surface area contributed by atoms with Crippen LogP contribution in [-0.4, -0.2) is 37.2 Å². The zero-order valence-corrected chi connectivity index (χ0v) is 48.1. The lowest BCUT2D eigenvalue weighted by atomic mass is 10.1. The van der Waals surface area contributed by atoms with Crippen molar-refractivity contribution in [3.8, 4) is 0 Å². The highest BCUT2D eigenvalue weighted by Gasteiger charge is 2.19. The van der Waals surface area contributed by atoms with Gasteiger partial charge in [-0.3, -0.25) is 14.4 Å². The molecular weight excluding hydrogens is 901 g/mol. The van der Waals surface area contributed by atoms with Gasteiger partial charge in [-0.15, -0.1) is 0 Å². The summed E-state index contributed by atoms with van der Waals surface area (Å²) in [6.07, 6.45) is 80.0. The van der Waals surface area contributed by atoms with Gasteiger partial charge < -0.3 is 14.2 Å². The molecular formula is C67H116O6. The molecule has 0 N–H and O–H groups in total. The molecule has 0 aromatic carbocycles. The van der Waals surface area contributed by atoms with Crippen LogP contribution in [0, 0.1) is 0 Å². The summed E-state index contributed by atoms with van der Waals surface area (Å²) >= 11 is 0. The van der Waals surface area contributed by atoms with Crippen molar-refractivity contribution in [1.82, 2.24) is 0 Å². The monoisotopic (exact) mass is 1020 g/mol. The number of esters is 3. The van der Waals surface area contributed by atoms with Gasteiger partial charge in [0.15, 0.2) is 6.10 Å². The fourth-order valence-corrected chi connectivity index (χ4v) is 8.69. The van der Waals surface area contributed by atoms with Crippen molar-refractivity contribution >= 4 is 17.9 Å². The van der Waals surface area contributed by atoms with Crippen molar-refractivity contribution in [3.05, 3.63) is 85.1 Å². The van der Waals surface area contributed by atoms with E-state index in [1.54, 1.807) is 0 Å². The zero-order valence-electron chi connectivity index (χ0n) is 48.1. The maximum Gasteiger partial charge on any atom is 0.306 e. The number of carbonyl (C=O) groups is 3. The number of hydrogen-bond donors (Lipinski definition) is 0. The van der Waals surface area contributed by atoms with E-state index in [1.165, 1.54) is 148 Å². The molecule has 0 bridgehead atoms. The molecule has 6 nitrogen and oxygen atoms in total. The van der Waals surface area contributed by atoms with Crippen molar-refractivity contribution in [1.29, 1.82) is 0 Å². The fraction of sp³-hybridized carbons (Fsp3) is 0.746. The third-order valence-corrected chi connectivity index (χ3v) is 13.4. The third-order valence-electron chi connectivity index (χ3n) is 13.4. The second-order valence-corrected chi connectivity index (χ2v) is 20.6. The van der Waals surface area contributed by atoms with E-state index in [-0.39, 0.29) is 31.1 Å². The molecule has 0 spiro atoms. The molecule has 0 aliphatic heterocycles. The van der Waals surface area contributed by atoms with Crippen LogP contribution in [0.1, 0.15) is 303 Å². The lowest BCUT2D eigenvalue weighted by molar-refractivity contribution is -0.167. The SMILES string of the molecule is CC/C=C\C/C=C\C/C=C\C/C=C\C/C=C\CCCCCCCC(=O)OCC(COC(=O)CCCCCCC/C=C\CCCCCCCCC)OC(=O)CCCCCCCCC/C=C\CCCCCCCCC. The van der Waals surface area contributed by atoms with E-state index in [4.69, 9.17) is 14.2 Å². The summed E-state index contributed by atoms with van der Waals surface area (Å²) in [5, 5.41) is 0. The second kappa shape index (κ2) is 61.1. The second-order valence-electron chi connectivity index (χ2n) is 20.6. The van der Waals surface area contributed by atoms with Crippen LogP contribution >= 0.6 is 0 Å². The van der Waals surface area contributed by atoms with Crippen LogP contribution < -0.4 is 0 Å². The van der Waals surface area contributed by atoms with E-state index in [0.717, 1.165) is 116 Å². The van der Waals surface area contributed by atoms with Gasteiger partial charge in [-0.05, 0) is 116 Å². The van der Waals surface area contributed by atoms with Crippen molar-refractivity contribution in [3.63, 3.8) is 0 Å². The number of carbonyl (C=O) groups excluding carboxylic acids is 3. The summed E-state index contributed by atoms with van der Waals surface area (Å²) in [5.41, 5.74) is 0. The largest absolute Gasteiger partial charge is 0.462 e. The van der Waals surface area contributed by atoms with Crippen LogP contribution in [0.15, 0.2) is 85.1 Å². The Morgan fingerprint density at radius 3 is 0.849 bits per heavy atom. The zero-order chi connectivity index (χ0) is 52.9. The van der Waals surface area contributed by atoms with Gasteiger partial charge in [-0.25, -0.2) is 0 Å². The molecule has 1 unspecified atom stereocenters. The van der Waals surface area contributed by atoms with Crippen molar-refractivity contribution < 1.29 is 28.6 Å². The van der Waals surface area contributed by atoms with E-state index >= 15 is 0 Å². The van der Waals surface area contributed by atoms with Gasteiger partial charge in [0.2, 0.25) is 0 Å². The molecule has 1 atom stereocenters. The minimum atomic E-state index is -0.792. The van der Waals surface area contributed by atoms with Crippen LogP contribution in [0.4, 0.5) is 0 Å². The highest BCUT2D eigenvalue weighted by molar-refractivity contribution is 5.71. The summed E-state index contributed by atoms with van der Waals surface area (Å²) in [6.45, 7) is 6.52. The first kappa shape index (κ1) is 69.6. The Morgan fingerprint density at radius 1 is 0.288 bits per heavy atom. The Labute approximate surface area is 452 Å². The summed E-state index contributed by atoms with van der Waals surface area (Å²) in [7, 11) is 0. The first-order valence-corrected chi connectivity index (χ1v) is 31.1. The molecule has 0 fully saturated rings. The number of rotatable bonds is 56. The number of allylic oxidation sites excluding steroid dienone is 14. The lowest BCUT2D eigenvalue weighted by Crippen LogP contribution is -2.30. The van der Waals surface area contributed by atoms with Gasteiger partial charge in [0.05, 0.1) is 0 Å². The van der Waals surface area contributed by atoms with Gasteiger partial charge in [-0.1, -0.05) is 254 Å². The van der Waals surface area contributed by atoms with E-state index in [2.05, 4.69) is 106 Å². The minimum absolute atomic E-state index is 0.0880. The van der Waals surface area contributed by atoms with Crippen LogP contribution in [0.2, 0.25) is 0 Å². The molecule has 0 aromatic heterocycles. The number of unbranched alkanes of at least 4 members (excludes halogenated alkanes) is 31. The standard InChI is InChI=1S/C67H116O6/c1-4-7-10-13-16-19-22-25-28-31-33-34-35-37-39-42-45-48-51-54-57-60-66(69)72-63-64(62-71-65(68)59-56-53-50-47-44-41-38-30-27-24-21-18-15-12-9-6-3)73-67(70)61-58-55-52-49-46-43-40-36-32-29-26-23-20-17-14-11-8-5-2/h7,10,16,19,25,28-30,32-34,37-39,64H,4-6,8-9,11-15,17-18,20-24,26-27,31,35-36,40-63H2,1-3H3/b10-7-,19-16-,28-25-,32-29-,34-33-,38-30-,39-37-. The molecule has 420 valence electrons. The molecule has 0 rings (SSSR count). The van der Waals surface area contributed by atoms with Crippen molar-refractivity contribution in [2.45, 2.75) is 309 Å². The molecule has 73 heavy (non-hydrogen) atoms.